The number of hydrogen-bond donors (Lipinski definition) is 2. The Morgan fingerprint density at radius 3 is 2.58 bits per heavy atom. The first-order chi connectivity index (χ1) is 14.6. The number of hydrogen-bond acceptors (Lipinski definition) is 5. The van der Waals surface area contributed by atoms with Crippen LogP contribution in [0.4, 0.5) is 13.2 Å². The van der Waals surface area contributed by atoms with Gasteiger partial charge in [-0.15, -0.1) is 6.58 Å². The summed E-state index contributed by atoms with van der Waals surface area (Å²) in [6.07, 6.45) is -1.43. The molecule has 31 heavy (non-hydrogen) atoms. The molecule has 1 heterocycles. The minimum Gasteiger partial charge on any atom is -0.348 e. The van der Waals surface area contributed by atoms with E-state index in [1.807, 2.05) is 37.3 Å². The number of carbonyl (C=O) groups excluding carboxylic acids is 2. The number of nitrogens with one attached hydrogen (secondary N) is 2. The van der Waals surface area contributed by atoms with Gasteiger partial charge in [0.2, 0.25) is 5.91 Å². The molecule has 7 nitrogen and oxygen atoms in total. The molecule has 1 aromatic heterocycles. The fourth-order valence-electron chi connectivity index (χ4n) is 2.96. The number of pyridine rings is 1. The zero-order chi connectivity index (χ0) is 23.4. The van der Waals surface area contributed by atoms with Crippen molar-refractivity contribution in [3.05, 3.63) is 42.2 Å². The Bertz CT molecular complexity index is 725. The predicted molar refractivity (Wildman–Crippen MR) is 113 cm³/mol. The van der Waals surface area contributed by atoms with Crippen LogP contribution in [0, 0.1) is 0 Å². The largest absolute Gasteiger partial charge is 0.471 e. The second-order valence-electron chi connectivity index (χ2n) is 7.30. The number of amides is 2. The lowest BCUT2D eigenvalue weighted by atomic mass is 9.94. The zero-order valence-electron chi connectivity index (χ0n) is 18.3. The number of halogens is 3. The van der Waals surface area contributed by atoms with E-state index in [2.05, 4.69) is 16.9 Å². The summed E-state index contributed by atoms with van der Waals surface area (Å²) in [5, 5.41) is 4.97. The van der Waals surface area contributed by atoms with Crippen LogP contribution in [-0.4, -0.2) is 79.6 Å². The number of allylic oxidation sites excluding steroid dienone is 1. The monoisotopic (exact) mass is 443 g/mol. The number of aromatic nitrogens is 1. The average molecular weight is 444 g/mol. The van der Waals surface area contributed by atoms with Gasteiger partial charge in [0.1, 0.15) is 0 Å². The molecular formula is C21H32F3N5O2. The molecule has 0 radical (unpaired) electrons. The van der Waals surface area contributed by atoms with Crippen LogP contribution in [0.3, 0.4) is 0 Å². The van der Waals surface area contributed by atoms with Gasteiger partial charge in [0.05, 0.1) is 12.2 Å². The first-order valence-electron chi connectivity index (χ1n) is 10.1. The molecule has 1 rings (SSSR count). The van der Waals surface area contributed by atoms with Gasteiger partial charge in [0.15, 0.2) is 0 Å². The van der Waals surface area contributed by atoms with Gasteiger partial charge in [-0.1, -0.05) is 12.1 Å². The molecule has 0 saturated heterocycles. The van der Waals surface area contributed by atoms with Crippen molar-refractivity contribution in [1.29, 1.82) is 0 Å². The third-order valence-electron chi connectivity index (χ3n) is 4.73. The molecular weight excluding hydrogens is 411 g/mol. The number of likely N-dealkylation sites (N-methyl/N-ethyl adjacent to an activating group) is 2. The standard InChI is InChI=1S/C21H32F3N5O2/c1-5-16(9-11-27-20(31)21(22,23)24)17-8-7-10-26-18(17)14-25-15-19(30)29(6-2)13-12-28(3)4/h5,7-8,10,16,25H,1,6,9,11-15H2,2-4H3,(H,27,31). The maximum absolute atomic E-state index is 12.4. The average Bonchev–Trinajstić information content (AvgIpc) is 2.71. The van der Waals surface area contributed by atoms with E-state index in [0.717, 1.165) is 12.1 Å². The van der Waals surface area contributed by atoms with E-state index >= 15 is 0 Å². The van der Waals surface area contributed by atoms with E-state index in [-0.39, 0.29) is 31.3 Å². The fourth-order valence-corrected chi connectivity index (χ4v) is 2.96. The summed E-state index contributed by atoms with van der Waals surface area (Å²) in [5.41, 5.74) is 1.47. The molecule has 1 aromatic rings. The van der Waals surface area contributed by atoms with Crippen molar-refractivity contribution in [2.45, 2.75) is 32.0 Å². The van der Waals surface area contributed by atoms with Crippen molar-refractivity contribution in [3.63, 3.8) is 0 Å². The zero-order valence-corrected chi connectivity index (χ0v) is 18.3. The Labute approximate surface area is 181 Å². The van der Waals surface area contributed by atoms with Gasteiger partial charge in [0, 0.05) is 44.8 Å². The second-order valence-corrected chi connectivity index (χ2v) is 7.30. The normalized spacial score (nSPS) is 12.5. The van der Waals surface area contributed by atoms with E-state index in [4.69, 9.17) is 0 Å². The Hall–Kier alpha value is -2.46. The highest BCUT2D eigenvalue weighted by atomic mass is 19.4. The first-order valence-corrected chi connectivity index (χ1v) is 10.1. The van der Waals surface area contributed by atoms with Crippen LogP contribution in [0.1, 0.15) is 30.5 Å². The molecule has 0 aliphatic rings. The molecule has 2 amide bonds. The summed E-state index contributed by atoms with van der Waals surface area (Å²) in [4.78, 5) is 31.5. The summed E-state index contributed by atoms with van der Waals surface area (Å²) in [6.45, 7) is 8.04. The van der Waals surface area contributed by atoms with Crippen LogP contribution in [-0.2, 0) is 16.1 Å². The molecule has 0 bridgehead atoms. The van der Waals surface area contributed by atoms with Gasteiger partial charge in [0.25, 0.3) is 0 Å². The Balaban J connectivity index is 2.66. The molecule has 0 aromatic carbocycles. The molecule has 0 fully saturated rings. The highest BCUT2D eigenvalue weighted by Gasteiger charge is 2.38. The molecule has 0 aliphatic carbocycles. The molecule has 2 N–H and O–H groups in total. The minimum atomic E-state index is -4.90. The van der Waals surface area contributed by atoms with Gasteiger partial charge >= 0.3 is 12.1 Å². The topological polar surface area (TPSA) is 77.6 Å². The van der Waals surface area contributed by atoms with Gasteiger partial charge in [-0.05, 0) is 39.1 Å². The summed E-state index contributed by atoms with van der Waals surface area (Å²) in [6, 6.07) is 3.55. The summed E-state index contributed by atoms with van der Waals surface area (Å²) in [7, 11) is 3.90. The highest BCUT2D eigenvalue weighted by molar-refractivity contribution is 5.81. The molecule has 10 heteroatoms. The van der Waals surface area contributed by atoms with Crippen molar-refractivity contribution < 1.29 is 22.8 Å². The lowest BCUT2D eigenvalue weighted by molar-refractivity contribution is -0.173. The van der Waals surface area contributed by atoms with Crippen LogP contribution in [0.15, 0.2) is 31.0 Å². The first kappa shape index (κ1) is 26.6. The quantitative estimate of drug-likeness (QED) is 0.456. The van der Waals surface area contributed by atoms with E-state index in [0.29, 0.717) is 25.3 Å². The smallest absolute Gasteiger partial charge is 0.348 e. The van der Waals surface area contributed by atoms with Crippen molar-refractivity contribution in [3.8, 4) is 0 Å². The van der Waals surface area contributed by atoms with Crippen LogP contribution < -0.4 is 10.6 Å². The third-order valence-corrected chi connectivity index (χ3v) is 4.73. The van der Waals surface area contributed by atoms with Crippen molar-refractivity contribution in [2.24, 2.45) is 0 Å². The number of rotatable bonds is 13. The number of alkyl halides is 3. The van der Waals surface area contributed by atoms with Crippen molar-refractivity contribution >= 4 is 11.8 Å². The van der Waals surface area contributed by atoms with E-state index < -0.39 is 12.1 Å². The number of nitrogens with zero attached hydrogens (tertiary/aromatic N) is 3. The maximum atomic E-state index is 12.4. The molecule has 0 saturated carbocycles. The molecule has 0 spiro atoms. The van der Waals surface area contributed by atoms with Gasteiger partial charge in [-0.25, -0.2) is 0 Å². The SMILES string of the molecule is C=CC(CCNC(=O)C(F)(F)F)c1cccnc1CNCC(=O)N(CC)CCN(C)C. The molecule has 1 unspecified atom stereocenters. The summed E-state index contributed by atoms with van der Waals surface area (Å²) in [5.74, 6) is -2.27. The van der Waals surface area contributed by atoms with Crippen LogP contribution >= 0.6 is 0 Å². The van der Waals surface area contributed by atoms with Gasteiger partial charge < -0.3 is 20.4 Å². The number of carbonyl (C=O) groups is 2. The predicted octanol–water partition coefficient (Wildman–Crippen LogP) is 1.92. The summed E-state index contributed by atoms with van der Waals surface area (Å²) >= 11 is 0. The molecule has 0 aliphatic heterocycles. The molecule has 1 atom stereocenters. The lowest BCUT2D eigenvalue weighted by Gasteiger charge is -2.23. The molecule has 174 valence electrons. The highest BCUT2D eigenvalue weighted by Crippen LogP contribution is 2.23. The van der Waals surface area contributed by atoms with Crippen molar-refractivity contribution in [2.75, 3.05) is 46.8 Å². The van der Waals surface area contributed by atoms with Crippen LogP contribution in [0.25, 0.3) is 0 Å². The maximum Gasteiger partial charge on any atom is 0.471 e. The van der Waals surface area contributed by atoms with Crippen molar-refractivity contribution in [1.82, 2.24) is 25.4 Å². The van der Waals surface area contributed by atoms with E-state index in [1.54, 1.807) is 23.2 Å². The summed E-state index contributed by atoms with van der Waals surface area (Å²) < 4.78 is 37.0. The Kier molecular flexibility index (Phi) is 11.2. The third kappa shape index (κ3) is 9.48. The van der Waals surface area contributed by atoms with Gasteiger partial charge in [-0.3, -0.25) is 14.6 Å². The Morgan fingerprint density at radius 2 is 2.00 bits per heavy atom. The van der Waals surface area contributed by atoms with Crippen LogP contribution in [0.2, 0.25) is 0 Å². The van der Waals surface area contributed by atoms with Crippen LogP contribution in [0.5, 0.6) is 0 Å². The lowest BCUT2D eigenvalue weighted by Crippen LogP contribution is -2.41. The Morgan fingerprint density at radius 1 is 1.29 bits per heavy atom. The second kappa shape index (κ2) is 13.1. The van der Waals surface area contributed by atoms with Gasteiger partial charge in [-0.2, -0.15) is 13.2 Å². The fraction of sp³-hybridized carbons (Fsp3) is 0.571. The van der Waals surface area contributed by atoms with E-state index in [1.165, 1.54) is 0 Å². The minimum absolute atomic E-state index is 0.0167. The van der Waals surface area contributed by atoms with E-state index in [9.17, 15) is 22.8 Å².